The zero-order valence-electron chi connectivity index (χ0n) is 10.3. The number of nitrogens with one attached hydrogen (secondary N) is 1. The standard InChI is InChI=1S/C11H17N5S/c1-4-16-9(5-8(2)14-16)6-10(12-3)11-7-13-17-15-11/h5,7,10,12H,4,6H2,1-3H3. The first-order chi connectivity index (χ1) is 8.24. The van der Waals surface area contributed by atoms with Gasteiger partial charge in [0.05, 0.1) is 35.4 Å². The van der Waals surface area contributed by atoms with Crippen molar-refractivity contribution in [2.45, 2.75) is 32.9 Å². The first kappa shape index (κ1) is 12.2. The Kier molecular flexibility index (Phi) is 3.86. The first-order valence-corrected chi connectivity index (χ1v) is 6.45. The Balaban J connectivity index is 2.18. The van der Waals surface area contributed by atoms with Crippen LogP contribution in [0.4, 0.5) is 0 Å². The van der Waals surface area contributed by atoms with Gasteiger partial charge >= 0.3 is 0 Å². The molecule has 0 saturated heterocycles. The average Bonchev–Trinajstić information content (AvgIpc) is 2.94. The Hall–Kier alpha value is -1.27. The molecule has 0 aliphatic carbocycles. The van der Waals surface area contributed by atoms with Crippen LogP contribution in [0.25, 0.3) is 0 Å². The molecule has 0 fully saturated rings. The number of aryl methyl sites for hydroxylation is 2. The molecule has 1 N–H and O–H groups in total. The number of likely N-dealkylation sites (N-methyl/N-ethyl adjacent to an activating group) is 1. The number of rotatable bonds is 5. The Morgan fingerprint density at radius 2 is 2.35 bits per heavy atom. The summed E-state index contributed by atoms with van der Waals surface area (Å²) in [5.74, 6) is 0. The summed E-state index contributed by atoms with van der Waals surface area (Å²) in [4.78, 5) is 0. The first-order valence-electron chi connectivity index (χ1n) is 5.72. The highest BCUT2D eigenvalue weighted by Crippen LogP contribution is 2.17. The van der Waals surface area contributed by atoms with Crippen molar-refractivity contribution in [1.29, 1.82) is 0 Å². The second-order valence-electron chi connectivity index (χ2n) is 3.97. The van der Waals surface area contributed by atoms with Crippen LogP contribution in [0.5, 0.6) is 0 Å². The van der Waals surface area contributed by atoms with Gasteiger partial charge in [0.2, 0.25) is 0 Å². The fourth-order valence-electron chi connectivity index (χ4n) is 1.93. The monoisotopic (exact) mass is 251 g/mol. The topological polar surface area (TPSA) is 55.6 Å². The molecule has 1 atom stereocenters. The highest BCUT2D eigenvalue weighted by atomic mass is 32.1. The van der Waals surface area contributed by atoms with Gasteiger partial charge in [0.1, 0.15) is 0 Å². The van der Waals surface area contributed by atoms with Crippen LogP contribution in [-0.4, -0.2) is 25.6 Å². The number of hydrogen-bond acceptors (Lipinski definition) is 5. The van der Waals surface area contributed by atoms with Gasteiger partial charge in [0.25, 0.3) is 0 Å². The minimum absolute atomic E-state index is 0.204. The second-order valence-corrected chi connectivity index (χ2v) is 4.53. The molecule has 0 aliphatic rings. The van der Waals surface area contributed by atoms with Crippen molar-refractivity contribution < 1.29 is 0 Å². The molecular formula is C11H17N5S. The quantitative estimate of drug-likeness (QED) is 0.876. The summed E-state index contributed by atoms with van der Waals surface area (Å²) in [5.41, 5.74) is 3.30. The van der Waals surface area contributed by atoms with Crippen molar-refractivity contribution in [1.82, 2.24) is 23.8 Å². The SMILES string of the molecule is CCn1nc(C)cc1CC(NC)c1cnsn1. The summed E-state index contributed by atoms with van der Waals surface area (Å²) in [6, 6.07) is 2.34. The largest absolute Gasteiger partial charge is 0.311 e. The van der Waals surface area contributed by atoms with Gasteiger partial charge in [-0.3, -0.25) is 4.68 Å². The molecule has 0 saturated carbocycles. The average molecular weight is 251 g/mol. The molecule has 92 valence electrons. The summed E-state index contributed by atoms with van der Waals surface area (Å²) in [6.45, 7) is 5.03. The smallest absolute Gasteiger partial charge is 0.0916 e. The van der Waals surface area contributed by atoms with Gasteiger partial charge in [-0.05, 0) is 27.0 Å². The Labute approximate surface area is 105 Å². The van der Waals surface area contributed by atoms with Crippen molar-refractivity contribution in [3.63, 3.8) is 0 Å². The third kappa shape index (κ3) is 2.70. The molecule has 0 bridgehead atoms. The summed E-state index contributed by atoms with van der Waals surface area (Å²) < 4.78 is 10.4. The highest BCUT2D eigenvalue weighted by molar-refractivity contribution is 6.99. The van der Waals surface area contributed by atoms with Crippen LogP contribution in [0.2, 0.25) is 0 Å². The third-order valence-electron chi connectivity index (χ3n) is 2.78. The Morgan fingerprint density at radius 3 is 2.94 bits per heavy atom. The van der Waals surface area contributed by atoms with Crippen LogP contribution in [0.15, 0.2) is 12.3 Å². The van der Waals surface area contributed by atoms with E-state index < -0.39 is 0 Å². The van der Waals surface area contributed by atoms with E-state index in [0.29, 0.717) is 0 Å². The highest BCUT2D eigenvalue weighted by Gasteiger charge is 2.15. The summed E-state index contributed by atoms with van der Waals surface area (Å²) in [5, 5.41) is 7.73. The Bertz CT molecular complexity index is 462. The third-order valence-corrected chi connectivity index (χ3v) is 3.27. The molecule has 2 rings (SSSR count). The van der Waals surface area contributed by atoms with Gasteiger partial charge < -0.3 is 5.32 Å². The minimum Gasteiger partial charge on any atom is -0.311 e. The minimum atomic E-state index is 0.204. The van der Waals surface area contributed by atoms with E-state index in [0.717, 1.165) is 24.4 Å². The van der Waals surface area contributed by atoms with E-state index in [-0.39, 0.29) is 6.04 Å². The molecule has 0 spiro atoms. The molecule has 2 aromatic heterocycles. The van der Waals surface area contributed by atoms with Gasteiger partial charge in [-0.1, -0.05) is 0 Å². The number of hydrogen-bond donors (Lipinski definition) is 1. The lowest BCUT2D eigenvalue weighted by Gasteiger charge is -2.13. The second kappa shape index (κ2) is 5.37. The molecule has 1 unspecified atom stereocenters. The maximum absolute atomic E-state index is 4.45. The molecular weight excluding hydrogens is 234 g/mol. The van der Waals surface area contributed by atoms with Crippen LogP contribution in [-0.2, 0) is 13.0 Å². The molecule has 6 heteroatoms. The van der Waals surface area contributed by atoms with Crippen LogP contribution in [0.3, 0.4) is 0 Å². The zero-order chi connectivity index (χ0) is 12.3. The maximum atomic E-state index is 4.45. The van der Waals surface area contributed by atoms with E-state index in [2.05, 4.69) is 32.2 Å². The van der Waals surface area contributed by atoms with Gasteiger partial charge in [0.15, 0.2) is 0 Å². The fraction of sp³-hybridized carbons (Fsp3) is 0.545. The molecule has 0 aromatic carbocycles. The van der Waals surface area contributed by atoms with Crippen LogP contribution in [0, 0.1) is 6.92 Å². The van der Waals surface area contributed by atoms with Crippen LogP contribution in [0.1, 0.15) is 30.0 Å². The molecule has 17 heavy (non-hydrogen) atoms. The van der Waals surface area contributed by atoms with Crippen molar-refractivity contribution in [2.24, 2.45) is 0 Å². The van der Waals surface area contributed by atoms with E-state index in [9.17, 15) is 0 Å². The van der Waals surface area contributed by atoms with Crippen molar-refractivity contribution in [2.75, 3.05) is 7.05 Å². The molecule has 0 radical (unpaired) electrons. The maximum Gasteiger partial charge on any atom is 0.0916 e. The zero-order valence-corrected chi connectivity index (χ0v) is 11.2. The predicted octanol–water partition coefficient (Wildman–Crippen LogP) is 1.57. The van der Waals surface area contributed by atoms with Crippen LogP contribution >= 0.6 is 11.7 Å². The molecule has 5 nitrogen and oxygen atoms in total. The summed E-state index contributed by atoms with van der Waals surface area (Å²) in [6.07, 6.45) is 2.71. The van der Waals surface area contributed by atoms with Gasteiger partial charge in [-0.15, -0.1) is 0 Å². The van der Waals surface area contributed by atoms with Crippen molar-refractivity contribution in [3.05, 3.63) is 29.3 Å². The van der Waals surface area contributed by atoms with Crippen molar-refractivity contribution >= 4 is 11.7 Å². The van der Waals surface area contributed by atoms with E-state index in [4.69, 9.17) is 0 Å². The number of nitrogens with zero attached hydrogens (tertiary/aromatic N) is 4. The number of aromatic nitrogens is 4. The van der Waals surface area contributed by atoms with Gasteiger partial charge in [-0.2, -0.15) is 13.8 Å². The lowest BCUT2D eigenvalue weighted by Crippen LogP contribution is -2.20. The summed E-state index contributed by atoms with van der Waals surface area (Å²) in [7, 11) is 1.95. The van der Waals surface area contributed by atoms with E-state index in [1.807, 2.05) is 24.9 Å². The Morgan fingerprint density at radius 1 is 1.53 bits per heavy atom. The molecule has 2 aromatic rings. The normalized spacial score (nSPS) is 12.9. The fourth-order valence-corrected chi connectivity index (χ4v) is 2.40. The molecule has 0 amide bonds. The van der Waals surface area contributed by atoms with Crippen molar-refractivity contribution in [3.8, 4) is 0 Å². The van der Waals surface area contributed by atoms with E-state index in [1.165, 1.54) is 17.4 Å². The van der Waals surface area contributed by atoms with E-state index in [1.54, 1.807) is 0 Å². The summed E-state index contributed by atoms with van der Waals surface area (Å²) >= 11 is 1.25. The molecule has 2 heterocycles. The predicted molar refractivity (Wildman–Crippen MR) is 68.1 cm³/mol. The van der Waals surface area contributed by atoms with Gasteiger partial charge in [-0.25, -0.2) is 0 Å². The lowest BCUT2D eigenvalue weighted by atomic mass is 10.1. The van der Waals surface area contributed by atoms with E-state index >= 15 is 0 Å². The molecule has 0 aliphatic heterocycles. The lowest BCUT2D eigenvalue weighted by molar-refractivity contribution is 0.534. The van der Waals surface area contributed by atoms with Crippen LogP contribution < -0.4 is 5.32 Å². The van der Waals surface area contributed by atoms with Gasteiger partial charge in [0, 0.05) is 18.7 Å².